The summed E-state index contributed by atoms with van der Waals surface area (Å²) in [6, 6.07) is 3.79. The molecule has 6 rings (SSSR count). The number of methoxy groups -OCH3 is 1. The largest absolute Gasteiger partial charge is 0.477 e. The summed E-state index contributed by atoms with van der Waals surface area (Å²) in [6.07, 6.45) is 4.78. The van der Waals surface area contributed by atoms with Crippen molar-refractivity contribution in [1.82, 2.24) is 4.90 Å². The Balaban J connectivity index is 1.27. The van der Waals surface area contributed by atoms with Gasteiger partial charge in [-0.25, -0.2) is 0 Å². The molecule has 2 saturated carbocycles. The van der Waals surface area contributed by atoms with Gasteiger partial charge in [0.25, 0.3) is 0 Å². The Bertz CT molecular complexity index is 1020. The van der Waals surface area contributed by atoms with Crippen molar-refractivity contribution >= 4 is 11.8 Å². The number of likely N-dealkylation sites (tertiary alicyclic amines) is 1. The van der Waals surface area contributed by atoms with E-state index in [2.05, 4.69) is 4.90 Å². The van der Waals surface area contributed by atoms with E-state index in [1.54, 1.807) is 13.2 Å². The summed E-state index contributed by atoms with van der Waals surface area (Å²) in [4.78, 5) is 28.2. The first kappa shape index (κ1) is 23.4. The van der Waals surface area contributed by atoms with Crippen LogP contribution in [-0.2, 0) is 30.9 Å². The van der Waals surface area contributed by atoms with E-state index >= 15 is 0 Å². The molecule has 0 unspecified atom stereocenters. The van der Waals surface area contributed by atoms with E-state index in [1.165, 1.54) is 12.8 Å². The molecule has 0 radical (unpaired) electrons. The van der Waals surface area contributed by atoms with Crippen LogP contribution in [0.1, 0.15) is 56.1 Å². The standard InChI is InChI=1S/C27H35NO7/c1-32-13-14-33-12-2-3-22(30)34-20-7-6-18-15-21-27(31)9-8-19(29)25-26(27,23(18)24(20)35-25)10-11-28(21)16-17-4-5-17/h6-7,17,21,25,31H,2-5,8-16H2,1H3/t21-,25+,26+,27-/m1/s1. The third kappa shape index (κ3) is 3.64. The lowest BCUT2D eigenvalue weighted by molar-refractivity contribution is -0.188. The lowest BCUT2D eigenvalue weighted by atomic mass is 9.49. The van der Waals surface area contributed by atoms with Gasteiger partial charge in [0.2, 0.25) is 0 Å². The molecule has 1 aromatic rings. The maximum Gasteiger partial charge on any atom is 0.311 e. The maximum absolute atomic E-state index is 13.1. The fourth-order valence-electron chi connectivity index (χ4n) is 7.07. The Morgan fingerprint density at radius 3 is 2.89 bits per heavy atom. The molecule has 2 bridgehead atoms. The highest BCUT2D eigenvalue weighted by atomic mass is 16.6. The SMILES string of the molecule is COCCOCCCC(=O)Oc1ccc2c3c1O[C@H]1C(=O)CC[C@@]4(O)[C@@H](C2)N(CC2CC2)CC[C@]314. The van der Waals surface area contributed by atoms with Gasteiger partial charge in [0.1, 0.15) is 0 Å². The van der Waals surface area contributed by atoms with Crippen molar-refractivity contribution in [2.45, 2.75) is 74.5 Å². The molecule has 1 saturated heterocycles. The van der Waals surface area contributed by atoms with Crippen molar-refractivity contribution in [3.05, 3.63) is 23.3 Å². The monoisotopic (exact) mass is 485 g/mol. The number of nitrogens with zero attached hydrogens (tertiary/aromatic N) is 1. The van der Waals surface area contributed by atoms with Crippen LogP contribution in [0.5, 0.6) is 11.5 Å². The quantitative estimate of drug-likeness (QED) is 0.306. The smallest absolute Gasteiger partial charge is 0.311 e. The molecule has 2 aliphatic heterocycles. The summed E-state index contributed by atoms with van der Waals surface area (Å²) in [5, 5.41) is 12.3. The Morgan fingerprint density at radius 1 is 1.23 bits per heavy atom. The first-order valence-electron chi connectivity index (χ1n) is 13.1. The van der Waals surface area contributed by atoms with E-state index in [0.29, 0.717) is 57.0 Å². The summed E-state index contributed by atoms with van der Waals surface area (Å²) in [6.45, 7) is 3.34. The average molecular weight is 486 g/mol. The third-order valence-corrected chi connectivity index (χ3v) is 8.87. The first-order valence-corrected chi connectivity index (χ1v) is 13.1. The second-order valence-electron chi connectivity index (χ2n) is 10.9. The van der Waals surface area contributed by atoms with E-state index in [-0.39, 0.29) is 24.2 Å². The van der Waals surface area contributed by atoms with Crippen LogP contribution in [0.2, 0.25) is 0 Å². The van der Waals surface area contributed by atoms with Gasteiger partial charge in [-0.1, -0.05) is 6.07 Å². The van der Waals surface area contributed by atoms with Gasteiger partial charge in [0.15, 0.2) is 23.4 Å². The molecule has 190 valence electrons. The number of piperidine rings is 1. The van der Waals surface area contributed by atoms with Crippen molar-refractivity contribution < 1.29 is 33.6 Å². The topological polar surface area (TPSA) is 94.5 Å². The number of benzene rings is 1. The van der Waals surface area contributed by atoms with Crippen LogP contribution in [0.3, 0.4) is 0 Å². The lowest BCUT2D eigenvalue weighted by Gasteiger charge is -2.62. The van der Waals surface area contributed by atoms with Crippen LogP contribution in [-0.4, -0.2) is 79.5 Å². The normalized spacial score (nSPS) is 32.8. The van der Waals surface area contributed by atoms with Gasteiger partial charge in [-0.15, -0.1) is 0 Å². The maximum atomic E-state index is 13.1. The van der Waals surface area contributed by atoms with Crippen LogP contribution in [0.4, 0.5) is 0 Å². The zero-order valence-electron chi connectivity index (χ0n) is 20.4. The van der Waals surface area contributed by atoms with Crippen LogP contribution in [0.25, 0.3) is 0 Å². The van der Waals surface area contributed by atoms with Gasteiger partial charge in [-0.3, -0.25) is 14.5 Å². The molecule has 0 aromatic heterocycles. The minimum Gasteiger partial charge on any atom is -0.477 e. The number of hydrogen-bond acceptors (Lipinski definition) is 8. The minimum absolute atomic E-state index is 0.0130. The van der Waals surface area contributed by atoms with Crippen molar-refractivity contribution in [2.75, 3.05) is 40.0 Å². The molecule has 1 spiro atoms. The third-order valence-electron chi connectivity index (χ3n) is 8.87. The van der Waals surface area contributed by atoms with Crippen LogP contribution in [0, 0.1) is 5.92 Å². The number of ether oxygens (including phenoxy) is 4. The van der Waals surface area contributed by atoms with Crippen LogP contribution in [0.15, 0.2) is 12.1 Å². The van der Waals surface area contributed by atoms with E-state index in [1.807, 2.05) is 6.07 Å². The average Bonchev–Trinajstić information content (AvgIpc) is 3.58. The van der Waals surface area contributed by atoms with Crippen molar-refractivity contribution in [1.29, 1.82) is 0 Å². The molecule has 4 atom stereocenters. The van der Waals surface area contributed by atoms with Crippen LogP contribution < -0.4 is 9.47 Å². The van der Waals surface area contributed by atoms with Crippen molar-refractivity contribution in [3.63, 3.8) is 0 Å². The molecule has 1 aromatic carbocycles. The highest BCUT2D eigenvalue weighted by Crippen LogP contribution is 2.65. The Hall–Kier alpha value is -2.00. The molecular weight excluding hydrogens is 450 g/mol. The summed E-state index contributed by atoms with van der Waals surface area (Å²) in [7, 11) is 1.62. The molecule has 1 N–H and O–H groups in total. The fraction of sp³-hybridized carbons (Fsp3) is 0.704. The second-order valence-corrected chi connectivity index (χ2v) is 10.9. The molecule has 8 heteroatoms. The predicted molar refractivity (Wildman–Crippen MR) is 126 cm³/mol. The van der Waals surface area contributed by atoms with Gasteiger partial charge >= 0.3 is 5.97 Å². The summed E-state index contributed by atoms with van der Waals surface area (Å²) in [5.41, 5.74) is 0.250. The van der Waals surface area contributed by atoms with E-state index in [9.17, 15) is 14.7 Å². The molecule has 5 aliphatic rings. The number of carbonyl (C=O) groups is 2. The van der Waals surface area contributed by atoms with Gasteiger partial charge in [0, 0.05) is 44.7 Å². The summed E-state index contributed by atoms with van der Waals surface area (Å²) < 4.78 is 22.5. The van der Waals surface area contributed by atoms with Crippen LogP contribution >= 0.6 is 0 Å². The molecule has 3 fully saturated rings. The van der Waals surface area contributed by atoms with Gasteiger partial charge in [-0.05, 0) is 62.6 Å². The minimum atomic E-state index is -1.01. The zero-order chi connectivity index (χ0) is 24.2. The fourth-order valence-corrected chi connectivity index (χ4v) is 7.07. The number of Topliss-reactive ketones (excluding diaryl/α,β-unsaturated/α-hetero) is 1. The predicted octanol–water partition coefficient (Wildman–Crippen LogP) is 2.17. The van der Waals surface area contributed by atoms with E-state index in [4.69, 9.17) is 18.9 Å². The second kappa shape index (κ2) is 8.83. The Labute approximate surface area is 205 Å². The number of hydrogen-bond donors (Lipinski definition) is 1. The van der Waals surface area contributed by atoms with E-state index in [0.717, 1.165) is 36.6 Å². The molecule has 35 heavy (non-hydrogen) atoms. The van der Waals surface area contributed by atoms with Gasteiger partial charge < -0.3 is 24.1 Å². The molecule has 8 nitrogen and oxygen atoms in total. The number of ketones is 1. The van der Waals surface area contributed by atoms with Gasteiger partial charge in [-0.2, -0.15) is 0 Å². The highest BCUT2D eigenvalue weighted by Gasteiger charge is 2.73. The Morgan fingerprint density at radius 2 is 2.09 bits per heavy atom. The summed E-state index contributed by atoms with van der Waals surface area (Å²) >= 11 is 0. The number of rotatable bonds is 10. The number of esters is 1. The number of carbonyl (C=O) groups excluding carboxylic acids is 2. The highest BCUT2D eigenvalue weighted by molar-refractivity contribution is 5.90. The lowest BCUT2D eigenvalue weighted by Crippen LogP contribution is -2.76. The Kier molecular flexibility index (Phi) is 5.91. The molecular formula is C27H35NO7. The number of aliphatic hydroxyl groups is 1. The summed E-state index contributed by atoms with van der Waals surface area (Å²) in [5.74, 6) is 1.25. The molecule has 3 aliphatic carbocycles. The zero-order valence-corrected chi connectivity index (χ0v) is 20.4. The molecule has 0 amide bonds. The first-order chi connectivity index (χ1) is 17.0. The van der Waals surface area contributed by atoms with Crippen molar-refractivity contribution in [3.8, 4) is 11.5 Å². The molecule has 2 heterocycles. The van der Waals surface area contributed by atoms with Crippen molar-refractivity contribution in [2.24, 2.45) is 5.92 Å². The van der Waals surface area contributed by atoms with Gasteiger partial charge in [0.05, 0.1) is 24.2 Å². The van der Waals surface area contributed by atoms with E-state index < -0.39 is 17.1 Å².